The van der Waals surface area contributed by atoms with E-state index in [1.807, 2.05) is 32.9 Å². The minimum Gasteiger partial charge on any atom is -0.436 e. The van der Waals surface area contributed by atoms with Gasteiger partial charge in [-0.05, 0) is 48.3 Å². The zero-order valence-corrected chi connectivity index (χ0v) is 13.4. The smallest absolute Gasteiger partial charge is 0.238 e. The van der Waals surface area contributed by atoms with Gasteiger partial charge in [-0.15, -0.1) is 0 Å². The van der Waals surface area contributed by atoms with Gasteiger partial charge in [-0.1, -0.05) is 6.92 Å². The predicted molar refractivity (Wildman–Crippen MR) is 82.3 cm³/mol. The number of aryl methyl sites for hydroxylation is 2. The van der Waals surface area contributed by atoms with Gasteiger partial charge in [0.05, 0.1) is 5.69 Å². The molecule has 20 heavy (non-hydrogen) atoms. The second-order valence-electron chi connectivity index (χ2n) is 4.22. The maximum Gasteiger partial charge on any atom is 0.238 e. The van der Waals surface area contributed by atoms with Gasteiger partial charge in [0.1, 0.15) is 16.6 Å². The maximum atomic E-state index is 5.87. The third-order valence-electron chi connectivity index (χ3n) is 2.71. The molecule has 6 heteroatoms. The molecule has 0 amide bonds. The van der Waals surface area contributed by atoms with Crippen molar-refractivity contribution in [2.24, 2.45) is 0 Å². The Morgan fingerprint density at radius 1 is 1.25 bits per heavy atom. The Balaban J connectivity index is 2.33. The van der Waals surface area contributed by atoms with Crippen molar-refractivity contribution in [3.8, 4) is 11.6 Å². The molecule has 5 nitrogen and oxygen atoms in total. The number of rotatable bonds is 5. The zero-order chi connectivity index (χ0) is 14.5. The lowest BCUT2D eigenvalue weighted by molar-refractivity contribution is 0.450. The van der Waals surface area contributed by atoms with Gasteiger partial charge in [-0.25, -0.2) is 9.97 Å². The number of pyridine rings is 1. The molecule has 2 aromatic heterocycles. The Morgan fingerprint density at radius 2 is 2.05 bits per heavy atom. The molecule has 106 valence electrons. The third-order valence-corrected chi connectivity index (χ3v) is 3.43. The zero-order valence-electron chi connectivity index (χ0n) is 11.8. The summed E-state index contributed by atoms with van der Waals surface area (Å²) in [6.45, 7) is 6.80. The second kappa shape index (κ2) is 6.65. The Hall–Kier alpha value is -1.69. The number of ether oxygens (including phenoxy) is 1. The lowest BCUT2D eigenvalue weighted by Gasteiger charge is -2.12. The van der Waals surface area contributed by atoms with E-state index in [0.717, 1.165) is 35.9 Å². The molecule has 0 aliphatic carbocycles. The number of aromatic nitrogens is 3. The molecule has 0 atom stereocenters. The van der Waals surface area contributed by atoms with Crippen LogP contribution in [0.25, 0.3) is 0 Å². The molecule has 0 saturated carbocycles. The molecule has 2 rings (SSSR count). The van der Waals surface area contributed by atoms with Crippen molar-refractivity contribution in [3.63, 3.8) is 0 Å². The molecule has 0 aromatic carbocycles. The number of hydrogen-bond acceptors (Lipinski definition) is 5. The fourth-order valence-corrected chi connectivity index (χ4v) is 2.19. The molecule has 2 heterocycles. The van der Waals surface area contributed by atoms with Gasteiger partial charge in [0, 0.05) is 12.2 Å². The molecular weight excluding hydrogens is 320 g/mol. The van der Waals surface area contributed by atoms with Crippen LogP contribution < -0.4 is 10.1 Å². The van der Waals surface area contributed by atoms with Crippen molar-refractivity contribution in [2.45, 2.75) is 27.2 Å². The summed E-state index contributed by atoms with van der Waals surface area (Å²) in [7, 11) is 0. The van der Waals surface area contributed by atoms with Gasteiger partial charge in [0.25, 0.3) is 0 Å². The van der Waals surface area contributed by atoms with E-state index in [2.05, 4.69) is 36.2 Å². The van der Waals surface area contributed by atoms with Crippen LogP contribution in [0.4, 0.5) is 5.82 Å². The molecular formula is C14H17BrN4O. The largest absolute Gasteiger partial charge is 0.436 e. The van der Waals surface area contributed by atoms with Gasteiger partial charge >= 0.3 is 0 Å². The minimum atomic E-state index is 0.483. The SMILES string of the molecule is CCNc1ncnc(Oc2ccc(C)nc2CC)c1Br. The average molecular weight is 337 g/mol. The lowest BCUT2D eigenvalue weighted by atomic mass is 10.2. The van der Waals surface area contributed by atoms with Crippen LogP contribution in [0.2, 0.25) is 0 Å². The molecule has 0 radical (unpaired) electrons. The summed E-state index contributed by atoms with van der Waals surface area (Å²) in [4.78, 5) is 12.8. The number of halogens is 1. The molecule has 0 aliphatic heterocycles. The molecule has 0 aliphatic rings. The van der Waals surface area contributed by atoms with Crippen LogP contribution in [-0.2, 0) is 6.42 Å². The van der Waals surface area contributed by atoms with Crippen molar-refractivity contribution in [3.05, 3.63) is 34.3 Å². The van der Waals surface area contributed by atoms with Crippen LogP contribution in [0.1, 0.15) is 25.2 Å². The first-order valence-electron chi connectivity index (χ1n) is 6.54. The van der Waals surface area contributed by atoms with E-state index in [1.54, 1.807) is 0 Å². The Kier molecular flexibility index (Phi) is 4.89. The van der Waals surface area contributed by atoms with Crippen molar-refractivity contribution in [1.29, 1.82) is 0 Å². The van der Waals surface area contributed by atoms with Crippen LogP contribution in [0, 0.1) is 6.92 Å². The fraction of sp³-hybridized carbons (Fsp3) is 0.357. The van der Waals surface area contributed by atoms with Gasteiger partial charge < -0.3 is 10.1 Å². The van der Waals surface area contributed by atoms with E-state index < -0.39 is 0 Å². The molecule has 0 spiro atoms. The minimum absolute atomic E-state index is 0.483. The molecule has 0 fully saturated rings. The quantitative estimate of drug-likeness (QED) is 0.901. The first kappa shape index (κ1) is 14.7. The lowest BCUT2D eigenvalue weighted by Crippen LogP contribution is -2.03. The van der Waals surface area contributed by atoms with E-state index in [9.17, 15) is 0 Å². The van der Waals surface area contributed by atoms with E-state index in [-0.39, 0.29) is 0 Å². The molecule has 0 saturated heterocycles. The molecule has 0 bridgehead atoms. The maximum absolute atomic E-state index is 5.87. The summed E-state index contributed by atoms with van der Waals surface area (Å²) >= 11 is 3.47. The Labute approximate surface area is 127 Å². The highest BCUT2D eigenvalue weighted by Crippen LogP contribution is 2.32. The Morgan fingerprint density at radius 3 is 2.75 bits per heavy atom. The van der Waals surface area contributed by atoms with Crippen molar-refractivity contribution in [1.82, 2.24) is 15.0 Å². The summed E-state index contributed by atoms with van der Waals surface area (Å²) in [5, 5.41) is 3.15. The van der Waals surface area contributed by atoms with Crippen LogP contribution in [0.15, 0.2) is 22.9 Å². The topological polar surface area (TPSA) is 59.9 Å². The van der Waals surface area contributed by atoms with Crippen LogP contribution in [0.5, 0.6) is 11.6 Å². The van der Waals surface area contributed by atoms with E-state index >= 15 is 0 Å². The summed E-state index contributed by atoms with van der Waals surface area (Å²) in [6.07, 6.45) is 2.28. The third kappa shape index (κ3) is 3.25. The predicted octanol–water partition coefficient (Wildman–Crippen LogP) is 3.73. The first-order chi connectivity index (χ1) is 9.65. The summed E-state index contributed by atoms with van der Waals surface area (Å²) in [5.74, 6) is 1.92. The van der Waals surface area contributed by atoms with Gasteiger partial charge in [-0.3, -0.25) is 4.98 Å². The normalized spacial score (nSPS) is 10.4. The van der Waals surface area contributed by atoms with Crippen LogP contribution >= 0.6 is 15.9 Å². The standard InChI is InChI=1S/C14H17BrN4O/c1-4-10-11(7-6-9(3)19-10)20-14-12(15)13(16-5-2)17-8-18-14/h6-8H,4-5H2,1-3H3,(H,16,17,18). The van der Waals surface area contributed by atoms with Crippen LogP contribution in [0.3, 0.4) is 0 Å². The first-order valence-corrected chi connectivity index (χ1v) is 7.33. The number of hydrogen-bond donors (Lipinski definition) is 1. The van der Waals surface area contributed by atoms with E-state index in [4.69, 9.17) is 4.74 Å². The second-order valence-corrected chi connectivity index (χ2v) is 5.02. The van der Waals surface area contributed by atoms with E-state index in [1.165, 1.54) is 6.33 Å². The summed E-state index contributed by atoms with van der Waals surface area (Å²) in [5.41, 5.74) is 1.89. The van der Waals surface area contributed by atoms with E-state index in [0.29, 0.717) is 10.4 Å². The highest BCUT2D eigenvalue weighted by molar-refractivity contribution is 9.10. The van der Waals surface area contributed by atoms with Crippen molar-refractivity contribution >= 4 is 21.7 Å². The summed E-state index contributed by atoms with van der Waals surface area (Å²) in [6, 6.07) is 3.84. The molecule has 2 aromatic rings. The van der Waals surface area contributed by atoms with Crippen molar-refractivity contribution < 1.29 is 4.74 Å². The highest BCUT2D eigenvalue weighted by atomic mass is 79.9. The number of nitrogens with one attached hydrogen (secondary N) is 1. The Bertz CT molecular complexity index is 604. The fourth-order valence-electron chi connectivity index (χ4n) is 1.76. The molecule has 1 N–H and O–H groups in total. The number of nitrogens with zero attached hydrogens (tertiary/aromatic N) is 3. The highest BCUT2D eigenvalue weighted by Gasteiger charge is 2.12. The average Bonchev–Trinajstić information content (AvgIpc) is 2.45. The van der Waals surface area contributed by atoms with Crippen LogP contribution in [-0.4, -0.2) is 21.5 Å². The number of anilines is 1. The van der Waals surface area contributed by atoms with Gasteiger partial charge in [0.2, 0.25) is 5.88 Å². The summed E-state index contributed by atoms with van der Waals surface area (Å²) < 4.78 is 6.59. The van der Waals surface area contributed by atoms with Gasteiger partial charge in [0.15, 0.2) is 5.75 Å². The molecule has 0 unspecified atom stereocenters. The van der Waals surface area contributed by atoms with Gasteiger partial charge in [-0.2, -0.15) is 0 Å². The monoisotopic (exact) mass is 336 g/mol. The van der Waals surface area contributed by atoms with Crippen molar-refractivity contribution in [2.75, 3.05) is 11.9 Å².